The lowest BCUT2D eigenvalue weighted by Crippen LogP contribution is -2.24. The molecule has 1 aromatic carbocycles. The first kappa shape index (κ1) is 14.0. The molecule has 0 spiro atoms. The van der Waals surface area contributed by atoms with Gasteiger partial charge >= 0.3 is 0 Å². The maximum atomic E-state index is 4.30. The molecular weight excluding hydrogens is 405 g/mol. The Balaban J connectivity index is 2.26. The molecule has 0 amide bonds. The van der Waals surface area contributed by atoms with Crippen molar-refractivity contribution >= 4 is 38.5 Å². The maximum Gasteiger partial charge on any atom is 0.107 e. The van der Waals surface area contributed by atoms with Crippen molar-refractivity contribution < 1.29 is 0 Å². The standard InChI is InChI=1S/C13H15BrIN3/c1-2-16-12(8-13-17-5-6-18-13)10-7-9(15)3-4-11(10)14/h3-7,12,16H,2,8H2,1H3,(H,17,18). The third-order valence-electron chi connectivity index (χ3n) is 2.74. The Morgan fingerprint density at radius 2 is 2.33 bits per heavy atom. The van der Waals surface area contributed by atoms with Crippen LogP contribution in [-0.2, 0) is 6.42 Å². The van der Waals surface area contributed by atoms with E-state index in [4.69, 9.17) is 0 Å². The van der Waals surface area contributed by atoms with Gasteiger partial charge in [-0.1, -0.05) is 22.9 Å². The second-order valence-electron chi connectivity index (χ2n) is 4.02. The number of nitrogens with zero attached hydrogens (tertiary/aromatic N) is 1. The number of halogens is 2. The monoisotopic (exact) mass is 419 g/mol. The summed E-state index contributed by atoms with van der Waals surface area (Å²) in [4.78, 5) is 7.46. The summed E-state index contributed by atoms with van der Waals surface area (Å²) in [6, 6.07) is 6.68. The summed E-state index contributed by atoms with van der Waals surface area (Å²) in [6.07, 6.45) is 4.52. The number of aromatic amines is 1. The lowest BCUT2D eigenvalue weighted by molar-refractivity contribution is 0.537. The van der Waals surface area contributed by atoms with Crippen molar-refractivity contribution in [2.45, 2.75) is 19.4 Å². The van der Waals surface area contributed by atoms with Crippen LogP contribution in [0, 0.1) is 3.57 Å². The molecule has 1 atom stereocenters. The third-order valence-corrected chi connectivity index (χ3v) is 4.13. The Morgan fingerprint density at radius 1 is 1.50 bits per heavy atom. The first-order valence-electron chi connectivity index (χ1n) is 5.87. The number of nitrogens with one attached hydrogen (secondary N) is 2. The van der Waals surface area contributed by atoms with E-state index in [1.165, 1.54) is 9.13 Å². The van der Waals surface area contributed by atoms with Crippen molar-refractivity contribution in [1.82, 2.24) is 15.3 Å². The molecule has 1 heterocycles. The summed E-state index contributed by atoms with van der Waals surface area (Å²) in [7, 11) is 0. The first-order chi connectivity index (χ1) is 8.70. The van der Waals surface area contributed by atoms with Gasteiger partial charge in [0.05, 0.1) is 0 Å². The van der Waals surface area contributed by atoms with Crippen molar-refractivity contribution in [3.8, 4) is 0 Å². The summed E-state index contributed by atoms with van der Waals surface area (Å²) in [5.41, 5.74) is 1.28. The van der Waals surface area contributed by atoms with E-state index in [0.29, 0.717) is 0 Å². The minimum atomic E-state index is 0.269. The Labute approximate surface area is 129 Å². The summed E-state index contributed by atoms with van der Waals surface area (Å²) >= 11 is 5.97. The molecule has 5 heteroatoms. The number of benzene rings is 1. The molecule has 1 aromatic heterocycles. The Morgan fingerprint density at radius 3 is 3.00 bits per heavy atom. The fourth-order valence-corrected chi connectivity index (χ4v) is 2.96. The largest absolute Gasteiger partial charge is 0.349 e. The van der Waals surface area contributed by atoms with Gasteiger partial charge in [-0.05, 0) is 52.9 Å². The van der Waals surface area contributed by atoms with Crippen LogP contribution in [0.2, 0.25) is 0 Å². The molecule has 0 fully saturated rings. The van der Waals surface area contributed by atoms with Crippen molar-refractivity contribution in [3.63, 3.8) is 0 Å². The zero-order valence-corrected chi connectivity index (χ0v) is 13.8. The van der Waals surface area contributed by atoms with Crippen LogP contribution in [-0.4, -0.2) is 16.5 Å². The van der Waals surface area contributed by atoms with Gasteiger partial charge in [0.25, 0.3) is 0 Å². The highest BCUT2D eigenvalue weighted by atomic mass is 127. The molecule has 2 aromatic rings. The van der Waals surface area contributed by atoms with E-state index in [2.05, 4.69) is 78.9 Å². The van der Waals surface area contributed by atoms with Gasteiger partial charge in [0.15, 0.2) is 0 Å². The van der Waals surface area contributed by atoms with Gasteiger partial charge in [0, 0.05) is 32.9 Å². The van der Waals surface area contributed by atoms with Crippen LogP contribution in [0.25, 0.3) is 0 Å². The SMILES string of the molecule is CCNC(Cc1ncc[nH]1)c1cc(I)ccc1Br. The van der Waals surface area contributed by atoms with Crippen LogP contribution in [0.1, 0.15) is 24.4 Å². The summed E-state index contributed by atoms with van der Waals surface area (Å²) in [5.74, 6) is 1.01. The molecule has 2 rings (SSSR count). The van der Waals surface area contributed by atoms with Crippen molar-refractivity contribution in [2.75, 3.05) is 6.54 Å². The quantitative estimate of drug-likeness (QED) is 0.726. The van der Waals surface area contributed by atoms with E-state index in [0.717, 1.165) is 23.3 Å². The first-order valence-corrected chi connectivity index (χ1v) is 7.74. The lowest BCUT2D eigenvalue weighted by atomic mass is 10.0. The second kappa shape index (κ2) is 6.68. The highest BCUT2D eigenvalue weighted by molar-refractivity contribution is 14.1. The van der Waals surface area contributed by atoms with E-state index in [1.54, 1.807) is 6.20 Å². The predicted octanol–water partition coefficient (Wildman–Crippen LogP) is 3.67. The van der Waals surface area contributed by atoms with Gasteiger partial charge < -0.3 is 10.3 Å². The number of hydrogen-bond donors (Lipinski definition) is 2. The number of hydrogen-bond acceptors (Lipinski definition) is 2. The van der Waals surface area contributed by atoms with Crippen molar-refractivity contribution in [1.29, 1.82) is 0 Å². The van der Waals surface area contributed by atoms with E-state index in [9.17, 15) is 0 Å². The molecule has 18 heavy (non-hydrogen) atoms. The van der Waals surface area contributed by atoms with Crippen molar-refractivity contribution in [3.05, 3.63) is 50.0 Å². The number of imidazole rings is 1. The molecule has 0 aliphatic rings. The molecular formula is C13H15BrIN3. The molecule has 0 saturated carbocycles. The normalized spacial score (nSPS) is 12.6. The highest BCUT2D eigenvalue weighted by Crippen LogP contribution is 2.27. The van der Waals surface area contributed by atoms with E-state index in [1.807, 2.05) is 6.20 Å². The average Bonchev–Trinajstić information content (AvgIpc) is 2.85. The lowest BCUT2D eigenvalue weighted by Gasteiger charge is -2.19. The van der Waals surface area contributed by atoms with Crippen LogP contribution in [0.5, 0.6) is 0 Å². The van der Waals surface area contributed by atoms with Crippen LogP contribution in [0.15, 0.2) is 35.1 Å². The molecule has 0 aliphatic carbocycles. The Kier molecular flexibility index (Phi) is 5.20. The molecule has 2 N–H and O–H groups in total. The number of likely N-dealkylation sites (N-methyl/N-ethyl adjacent to an activating group) is 1. The Bertz CT molecular complexity index is 499. The van der Waals surface area contributed by atoms with Crippen LogP contribution < -0.4 is 5.32 Å². The molecule has 0 radical (unpaired) electrons. The average molecular weight is 420 g/mol. The van der Waals surface area contributed by atoms with Crippen LogP contribution in [0.4, 0.5) is 0 Å². The second-order valence-corrected chi connectivity index (χ2v) is 6.12. The fourth-order valence-electron chi connectivity index (χ4n) is 1.92. The molecule has 0 aliphatic heterocycles. The van der Waals surface area contributed by atoms with Crippen LogP contribution in [0.3, 0.4) is 0 Å². The minimum Gasteiger partial charge on any atom is -0.349 e. The molecule has 1 unspecified atom stereocenters. The van der Waals surface area contributed by atoms with Gasteiger partial charge in [0.2, 0.25) is 0 Å². The van der Waals surface area contributed by atoms with Gasteiger partial charge in [-0.2, -0.15) is 0 Å². The predicted molar refractivity (Wildman–Crippen MR) is 85.6 cm³/mol. The highest BCUT2D eigenvalue weighted by Gasteiger charge is 2.15. The van der Waals surface area contributed by atoms with Gasteiger partial charge in [-0.3, -0.25) is 0 Å². The zero-order chi connectivity index (χ0) is 13.0. The molecule has 0 saturated heterocycles. The smallest absolute Gasteiger partial charge is 0.107 e. The van der Waals surface area contributed by atoms with Gasteiger partial charge in [-0.25, -0.2) is 4.98 Å². The molecule has 3 nitrogen and oxygen atoms in total. The number of rotatable bonds is 5. The minimum absolute atomic E-state index is 0.269. The van der Waals surface area contributed by atoms with Crippen molar-refractivity contribution in [2.24, 2.45) is 0 Å². The molecule has 96 valence electrons. The van der Waals surface area contributed by atoms with E-state index >= 15 is 0 Å². The zero-order valence-electron chi connectivity index (χ0n) is 10.1. The summed E-state index contributed by atoms with van der Waals surface area (Å²) < 4.78 is 2.38. The number of aromatic nitrogens is 2. The maximum absolute atomic E-state index is 4.30. The van der Waals surface area contributed by atoms with E-state index < -0.39 is 0 Å². The van der Waals surface area contributed by atoms with Gasteiger partial charge in [0.1, 0.15) is 5.82 Å². The summed E-state index contributed by atoms with van der Waals surface area (Å²) in [5, 5.41) is 3.51. The molecule has 0 bridgehead atoms. The summed E-state index contributed by atoms with van der Waals surface area (Å²) in [6.45, 7) is 3.06. The van der Waals surface area contributed by atoms with Crippen LogP contribution >= 0.6 is 38.5 Å². The van der Waals surface area contributed by atoms with Gasteiger partial charge in [-0.15, -0.1) is 0 Å². The number of H-pyrrole nitrogens is 1. The third kappa shape index (κ3) is 3.55. The topological polar surface area (TPSA) is 40.7 Å². The fraction of sp³-hybridized carbons (Fsp3) is 0.308. The Hall–Kier alpha value is -0.400. The van der Waals surface area contributed by atoms with E-state index in [-0.39, 0.29) is 6.04 Å².